The average Bonchev–Trinajstić information content (AvgIpc) is 3.29. The molecule has 5 nitrogen and oxygen atoms in total. The smallest absolute Gasteiger partial charge is 0.341 e. The molecule has 0 unspecified atom stereocenters. The first-order valence-electron chi connectivity index (χ1n) is 9.12. The number of aromatic amines is 1. The molecule has 2 aromatic heterocycles. The van der Waals surface area contributed by atoms with E-state index in [1.165, 1.54) is 0 Å². The maximum Gasteiger partial charge on any atom is 0.341 e. The Bertz CT molecular complexity index is 1110. The second-order valence-corrected chi connectivity index (χ2v) is 6.50. The van der Waals surface area contributed by atoms with Gasteiger partial charge in [0.1, 0.15) is 23.7 Å². The number of furan rings is 1. The van der Waals surface area contributed by atoms with Gasteiger partial charge in [-0.1, -0.05) is 48.5 Å². The fraction of sp³-hybridized carbons (Fsp3) is 0.174. The summed E-state index contributed by atoms with van der Waals surface area (Å²) in [6.07, 6.45) is 0. The van der Waals surface area contributed by atoms with Gasteiger partial charge < -0.3 is 18.9 Å². The first-order valence-corrected chi connectivity index (χ1v) is 9.12. The molecule has 0 saturated carbocycles. The van der Waals surface area contributed by atoms with Crippen molar-refractivity contribution in [2.24, 2.45) is 0 Å². The van der Waals surface area contributed by atoms with Crippen LogP contribution in [-0.2, 0) is 9.47 Å². The van der Waals surface area contributed by atoms with Crippen LogP contribution in [0, 0.1) is 6.92 Å². The Morgan fingerprint density at radius 3 is 2.57 bits per heavy atom. The number of aromatic nitrogens is 1. The van der Waals surface area contributed by atoms with Gasteiger partial charge in [-0.2, -0.15) is 0 Å². The summed E-state index contributed by atoms with van der Waals surface area (Å²) in [5.41, 5.74) is 4.37. The highest BCUT2D eigenvalue weighted by atomic mass is 16.6. The van der Waals surface area contributed by atoms with E-state index < -0.39 is 5.97 Å². The maximum atomic E-state index is 12.4. The zero-order valence-corrected chi connectivity index (χ0v) is 15.8. The third-order valence-corrected chi connectivity index (χ3v) is 4.67. The van der Waals surface area contributed by atoms with Gasteiger partial charge in [-0.15, -0.1) is 0 Å². The molecule has 4 aromatic rings. The second kappa shape index (κ2) is 7.74. The number of ether oxygens (including phenoxy) is 2. The number of carbonyl (C=O) groups is 1. The molecule has 4 rings (SSSR count). The van der Waals surface area contributed by atoms with Crippen LogP contribution in [-0.4, -0.2) is 31.3 Å². The summed E-state index contributed by atoms with van der Waals surface area (Å²) >= 11 is 0. The molecule has 0 amide bonds. The van der Waals surface area contributed by atoms with Crippen molar-refractivity contribution in [3.63, 3.8) is 0 Å². The number of benzene rings is 2. The van der Waals surface area contributed by atoms with Crippen LogP contribution < -0.4 is 0 Å². The van der Waals surface area contributed by atoms with Crippen molar-refractivity contribution >= 4 is 16.9 Å². The Hall–Kier alpha value is -3.31. The minimum absolute atomic E-state index is 0.206. The van der Waals surface area contributed by atoms with Gasteiger partial charge in [0, 0.05) is 18.0 Å². The van der Waals surface area contributed by atoms with Crippen LogP contribution in [0.3, 0.4) is 0 Å². The predicted molar refractivity (Wildman–Crippen MR) is 108 cm³/mol. The Morgan fingerprint density at radius 2 is 1.79 bits per heavy atom. The highest BCUT2D eigenvalue weighted by Crippen LogP contribution is 2.39. The van der Waals surface area contributed by atoms with Crippen LogP contribution in [0.2, 0.25) is 0 Å². The normalized spacial score (nSPS) is 11.1. The molecule has 0 atom stereocenters. The zero-order valence-electron chi connectivity index (χ0n) is 15.8. The van der Waals surface area contributed by atoms with Crippen LogP contribution in [0.1, 0.15) is 16.1 Å². The number of esters is 1. The summed E-state index contributed by atoms with van der Waals surface area (Å²) in [5, 5.41) is 1.04. The van der Waals surface area contributed by atoms with Gasteiger partial charge in [-0.05, 0) is 24.6 Å². The molecular weight excluding hydrogens is 354 g/mol. The first-order chi connectivity index (χ1) is 13.7. The first kappa shape index (κ1) is 18.1. The van der Waals surface area contributed by atoms with E-state index in [0.29, 0.717) is 23.7 Å². The molecule has 0 bridgehead atoms. The zero-order chi connectivity index (χ0) is 19.5. The number of rotatable bonds is 6. The number of para-hydroxylation sites is 1. The van der Waals surface area contributed by atoms with Crippen molar-refractivity contribution in [2.75, 3.05) is 20.3 Å². The fourth-order valence-electron chi connectivity index (χ4n) is 3.32. The molecule has 0 aliphatic heterocycles. The van der Waals surface area contributed by atoms with Crippen LogP contribution >= 0.6 is 0 Å². The molecule has 5 heteroatoms. The number of aryl methyl sites for hydroxylation is 1. The van der Waals surface area contributed by atoms with E-state index in [1.807, 2.05) is 54.6 Å². The van der Waals surface area contributed by atoms with E-state index >= 15 is 0 Å². The van der Waals surface area contributed by atoms with Crippen LogP contribution in [0.5, 0.6) is 0 Å². The lowest BCUT2D eigenvalue weighted by Gasteiger charge is -2.02. The third kappa shape index (κ3) is 3.32. The molecule has 1 N–H and O–H groups in total. The van der Waals surface area contributed by atoms with E-state index in [0.717, 1.165) is 27.7 Å². The van der Waals surface area contributed by atoms with E-state index in [4.69, 9.17) is 13.9 Å². The maximum absolute atomic E-state index is 12.4. The number of H-pyrrole nitrogens is 1. The summed E-state index contributed by atoms with van der Waals surface area (Å²) in [6.45, 7) is 2.33. The highest BCUT2D eigenvalue weighted by Gasteiger charge is 2.22. The van der Waals surface area contributed by atoms with Gasteiger partial charge in [-0.3, -0.25) is 0 Å². The monoisotopic (exact) mass is 375 g/mol. The van der Waals surface area contributed by atoms with Gasteiger partial charge in [0.05, 0.1) is 17.9 Å². The lowest BCUT2D eigenvalue weighted by Crippen LogP contribution is -2.09. The van der Waals surface area contributed by atoms with E-state index in [2.05, 4.69) is 4.98 Å². The van der Waals surface area contributed by atoms with E-state index in [9.17, 15) is 4.79 Å². The van der Waals surface area contributed by atoms with Crippen molar-refractivity contribution in [2.45, 2.75) is 6.92 Å². The minimum Gasteiger partial charge on any atom is -0.460 e. The molecule has 0 fully saturated rings. The Kier molecular flexibility index (Phi) is 5.00. The number of fused-ring (bicyclic) bond motifs is 1. The molecule has 0 aliphatic rings. The van der Waals surface area contributed by atoms with Crippen molar-refractivity contribution in [3.8, 4) is 22.6 Å². The molecule has 142 valence electrons. The molecule has 0 radical (unpaired) electrons. The van der Waals surface area contributed by atoms with Gasteiger partial charge in [0.15, 0.2) is 0 Å². The lowest BCUT2D eigenvalue weighted by atomic mass is 10.0. The highest BCUT2D eigenvalue weighted by molar-refractivity contribution is 6.03. The largest absolute Gasteiger partial charge is 0.460 e. The van der Waals surface area contributed by atoms with Crippen molar-refractivity contribution < 1.29 is 18.7 Å². The van der Waals surface area contributed by atoms with Gasteiger partial charge in [-0.25, -0.2) is 4.79 Å². The predicted octanol–water partition coefficient (Wildman–Crippen LogP) is 5.21. The number of hydrogen-bond acceptors (Lipinski definition) is 4. The summed E-state index contributed by atoms with van der Waals surface area (Å²) < 4.78 is 16.2. The minimum atomic E-state index is -0.411. The molecule has 0 saturated heterocycles. The fourth-order valence-corrected chi connectivity index (χ4v) is 3.32. The molecule has 0 aliphatic carbocycles. The molecule has 2 aromatic carbocycles. The topological polar surface area (TPSA) is 64.5 Å². The molecule has 0 spiro atoms. The number of nitrogens with one attached hydrogen (secondary N) is 1. The van der Waals surface area contributed by atoms with Crippen LogP contribution in [0.15, 0.2) is 65.1 Å². The third-order valence-electron chi connectivity index (χ3n) is 4.67. The van der Waals surface area contributed by atoms with Crippen LogP contribution in [0.4, 0.5) is 0 Å². The number of hydrogen-bond donors (Lipinski definition) is 1. The van der Waals surface area contributed by atoms with Crippen molar-refractivity contribution in [1.82, 2.24) is 4.98 Å². The van der Waals surface area contributed by atoms with Gasteiger partial charge in [0.2, 0.25) is 0 Å². The summed E-state index contributed by atoms with van der Waals surface area (Å²) in [6, 6.07) is 19.9. The second-order valence-electron chi connectivity index (χ2n) is 6.50. The lowest BCUT2D eigenvalue weighted by molar-refractivity contribution is 0.0386. The van der Waals surface area contributed by atoms with E-state index in [-0.39, 0.29) is 6.61 Å². The number of methoxy groups -OCH3 is 1. The van der Waals surface area contributed by atoms with E-state index in [1.54, 1.807) is 20.1 Å². The Morgan fingerprint density at radius 1 is 1.04 bits per heavy atom. The Labute approximate surface area is 162 Å². The standard InChI is InChI=1S/C23H21NO4/c1-15-18(23(25)27-13-12-26-2)14-20(28-15)21-17-10-6-7-11-19(17)24-22(21)16-8-4-3-5-9-16/h3-11,14,24H,12-13H2,1-2H3. The van der Waals surface area contributed by atoms with Crippen LogP contribution in [0.25, 0.3) is 33.5 Å². The van der Waals surface area contributed by atoms with Gasteiger partial charge >= 0.3 is 5.97 Å². The summed E-state index contributed by atoms with van der Waals surface area (Å²) in [7, 11) is 1.57. The number of carbonyl (C=O) groups excluding carboxylic acids is 1. The molecule has 2 heterocycles. The summed E-state index contributed by atoms with van der Waals surface area (Å²) in [5.74, 6) is 0.750. The summed E-state index contributed by atoms with van der Waals surface area (Å²) in [4.78, 5) is 15.9. The van der Waals surface area contributed by atoms with Crippen molar-refractivity contribution in [3.05, 3.63) is 72.0 Å². The quantitative estimate of drug-likeness (QED) is 0.371. The average molecular weight is 375 g/mol. The van der Waals surface area contributed by atoms with Crippen molar-refractivity contribution in [1.29, 1.82) is 0 Å². The molecule has 28 heavy (non-hydrogen) atoms. The molecular formula is C23H21NO4. The Balaban J connectivity index is 1.81. The van der Waals surface area contributed by atoms with Gasteiger partial charge in [0.25, 0.3) is 0 Å². The SMILES string of the molecule is COCCOC(=O)c1cc(-c2c(-c3ccccc3)[nH]c3ccccc23)oc1C.